The molecule has 0 aromatic heterocycles. The van der Waals surface area contributed by atoms with E-state index in [-0.39, 0.29) is 92.8 Å². The zero-order chi connectivity index (χ0) is 3.58. The molecule has 3 nitrogen and oxygen atoms in total. The second-order valence-corrected chi connectivity index (χ2v) is 0.250. The minimum atomic E-state index is -2.33. The summed E-state index contributed by atoms with van der Waals surface area (Å²) in [5.74, 6) is 0. The third-order valence-corrected chi connectivity index (χ3v) is 0. The van der Waals surface area contributed by atoms with Gasteiger partial charge in [-0.05, 0) is 6.16 Å². The fourth-order valence-electron chi connectivity index (χ4n) is 0. The molecule has 0 aliphatic heterocycles. The van der Waals surface area contributed by atoms with Gasteiger partial charge >= 0.3 is 92.8 Å². The molecule has 0 fully saturated rings. The van der Waals surface area contributed by atoms with E-state index in [4.69, 9.17) is 15.0 Å². The topological polar surface area (TPSA) is 63.2 Å². The molecule has 0 spiro atoms. The van der Waals surface area contributed by atoms with Crippen molar-refractivity contribution in [3.8, 4) is 0 Å². The van der Waals surface area contributed by atoms with Gasteiger partial charge in [-0.2, -0.15) is 0 Å². The zero-order valence-corrected chi connectivity index (χ0v) is 12.4. The molecule has 0 rings (SSSR count). The summed E-state index contributed by atoms with van der Waals surface area (Å²) in [4.78, 5) is 8.33. The summed E-state index contributed by atoms with van der Waals surface area (Å²) in [6, 6.07) is 0. The predicted octanol–water partition coefficient (Wildman–Crippen LogP) is -5.82. The fourth-order valence-corrected chi connectivity index (χ4v) is 0. The molecule has 0 N–H and O–H groups in total. The van der Waals surface area contributed by atoms with Crippen molar-refractivity contribution >= 4 is 30.1 Å². The maximum Gasteiger partial charge on any atom is 4.00 e. The van der Waals surface area contributed by atoms with E-state index in [1.807, 2.05) is 0 Å². The van der Waals surface area contributed by atoms with E-state index >= 15 is 0 Å². The Morgan fingerprint density at radius 1 is 1.33 bits per heavy atom. The van der Waals surface area contributed by atoms with Crippen LogP contribution in [0.1, 0.15) is 0 Å². The van der Waals surface area contributed by atoms with Crippen LogP contribution in [-0.4, -0.2) is 30.1 Å². The second kappa shape index (κ2) is 10.2. The van der Waals surface area contributed by atoms with Gasteiger partial charge in [0.1, 0.15) is 0 Å². The molecule has 0 aromatic carbocycles. The van der Waals surface area contributed by atoms with Crippen LogP contribution in [0.25, 0.3) is 0 Å². The maximum atomic E-state index is 8.33. The summed E-state index contributed by atoms with van der Waals surface area (Å²) < 4.78 is 0. The molecule has 0 saturated heterocycles. The van der Waals surface area contributed by atoms with E-state index in [2.05, 4.69) is 0 Å². The van der Waals surface area contributed by atoms with Gasteiger partial charge in [0.05, 0.1) is 0 Å². The number of hydrogen-bond acceptors (Lipinski definition) is 3. The summed E-state index contributed by atoms with van der Waals surface area (Å²) in [6.45, 7) is 0. The van der Waals surface area contributed by atoms with Crippen LogP contribution in [0.4, 0.5) is 4.79 Å². The van der Waals surface area contributed by atoms with Gasteiger partial charge in [0.15, 0.2) is 0 Å². The van der Waals surface area contributed by atoms with Crippen LogP contribution in [0.5, 0.6) is 0 Å². The summed E-state index contributed by atoms with van der Waals surface area (Å²) in [5, 5.41) is 16.7. The van der Waals surface area contributed by atoms with Gasteiger partial charge in [-0.25, -0.2) is 0 Å². The van der Waals surface area contributed by atoms with Gasteiger partial charge in [-0.3, -0.25) is 0 Å². The Morgan fingerprint density at radius 3 is 1.33 bits per heavy atom. The van der Waals surface area contributed by atoms with E-state index in [1.165, 1.54) is 0 Å². The van der Waals surface area contributed by atoms with Crippen LogP contribution in [0.15, 0.2) is 0 Å². The third kappa shape index (κ3) is 35.7. The van der Waals surface area contributed by atoms with Crippen molar-refractivity contribution in [3.05, 3.63) is 0 Å². The molecule has 0 aromatic rings. The van der Waals surface area contributed by atoms with Crippen molar-refractivity contribution in [2.24, 2.45) is 0 Å². The van der Waals surface area contributed by atoms with Crippen molar-refractivity contribution in [2.75, 3.05) is 0 Å². The van der Waals surface area contributed by atoms with Crippen molar-refractivity contribution in [3.63, 3.8) is 0 Å². The van der Waals surface area contributed by atoms with Gasteiger partial charge in [0, 0.05) is 0 Å². The van der Waals surface area contributed by atoms with Crippen molar-refractivity contribution in [1.29, 1.82) is 0 Å². The molecule has 5 heteroatoms. The second-order valence-electron chi connectivity index (χ2n) is 0.250. The fraction of sp³-hybridized carbons (Fsp3) is 0. The normalized spacial score (nSPS) is 4.00. The molecule has 0 aliphatic rings. The smallest absolute Gasteiger partial charge is 0.652 e. The summed E-state index contributed by atoms with van der Waals surface area (Å²) in [5.41, 5.74) is 0. The average molecular weight is 312 g/mol. The molecule has 0 heterocycles. The minimum Gasteiger partial charge on any atom is -0.652 e. The first-order chi connectivity index (χ1) is 1.73. The minimum absolute atomic E-state index is 0. The number of carbonyl (C=O) groups excluding carboxylic acids is 1. The van der Waals surface area contributed by atoms with Crippen LogP contribution in [0.2, 0.25) is 0 Å². The Balaban J connectivity index is -0.0000000450. The molecule has 0 aliphatic carbocycles. The Bertz CT molecular complexity index is 33.8. The summed E-state index contributed by atoms with van der Waals surface area (Å²) in [7, 11) is 0. The van der Waals surface area contributed by atoms with Crippen LogP contribution >= 0.6 is 0 Å². The Labute approximate surface area is 111 Å². The number of hydrogen-bond donors (Lipinski definition) is 0. The quantitative estimate of drug-likeness (QED) is 0.419. The molecule has 0 unspecified atom stereocenters. The van der Waals surface area contributed by atoms with Crippen molar-refractivity contribution in [2.45, 2.75) is 0 Å². The van der Waals surface area contributed by atoms with E-state index in [0.29, 0.717) is 0 Å². The molecule has 0 saturated carbocycles. The maximum absolute atomic E-state index is 8.33. The van der Waals surface area contributed by atoms with Crippen LogP contribution in [0, 0.1) is 0 Å². The first-order valence-electron chi connectivity index (χ1n) is 0.612. The molecule has 6 heavy (non-hydrogen) atoms. The summed E-state index contributed by atoms with van der Waals surface area (Å²) in [6.07, 6.45) is -2.33. The Hall–Kier alpha value is 2.12. The summed E-state index contributed by atoms with van der Waals surface area (Å²) >= 11 is 0. The predicted molar refractivity (Wildman–Crippen MR) is 11.1 cm³/mol. The molecule has 0 atom stereocenters. The number of carbonyl (C=O) groups is 1. The van der Waals surface area contributed by atoms with E-state index in [1.54, 1.807) is 0 Å². The first kappa shape index (κ1) is 15.7. The van der Waals surface area contributed by atoms with Crippen molar-refractivity contribution in [1.82, 2.24) is 0 Å². The standard InChI is InChI=1S/CH2O3.Cs.Sn/c2-1(3)4;;/h(H2,2,3,4);;/q;+1;+4/p-2. The molecule has 24 valence electrons. The number of carboxylic acid groups (broad SMARTS) is 2. The molecule has 0 radical (unpaired) electrons. The Kier molecular flexibility index (Phi) is 26.6. The largest absolute Gasteiger partial charge is 4.00 e. The third-order valence-electron chi connectivity index (χ3n) is 0. The SMILES string of the molecule is O=C([O-])[O-].[Cs+].[Sn+4]. The molecule has 0 amide bonds. The monoisotopic (exact) mass is 313 g/mol. The van der Waals surface area contributed by atoms with Crippen LogP contribution in [0.3, 0.4) is 0 Å². The van der Waals surface area contributed by atoms with Gasteiger partial charge in [0.2, 0.25) is 0 Å². The van der Waals surface area contributed by atoms with Crippen LogP contribution < -0.4 is 79.1 Å². The van der Waals surface area contributed by atoms with Gasteiger partial charge in [-0.15, -0.1) is 0 Å². The van der Waals surface area contributed by atoms with Crippen LogP contribution in [-0.2, 0) is 0 Å². The molecular weight excluding hydrogens is 312 g/mol. The molecular formula is CCsO3Sn+3. The van der Waals surface area contributed by atoms with Gasteiger partial charge in [-0.1, -0.05) is 0 Å². The van der Waals surface area contributed by atoms with E-state index in [9.17, 15) is 0 Å². The van der Waals surface area contributed by atoms with Crippen molar-refractivity contribution < 1.29 is 83.9 Å². The molecule has 0 bridgehead atoms. The van der Waals surface area contributed by atoms with E-state index in [0.717, 1.165) is 0 Å². The van der Waals surface area contributed by atoms with Gasteiger partial charge < -0.3 is 15.0 Å². The average Bonchev–Trinajstić information content (AvgIpc) is 0.811. The van der Waals surface area contributed by atoms with E-state index < -0.39 is 6.16 Å². The number of rotatable bonds is 0. The zero-order valence-electron chi connectivity index (χ0n) is 3.22. The van der Waals surface area contributed by atoms with Gasteiger partial charge in [0.25, 0.3) is 0 Å². The first-order valence-corrected chi connectivity index (χ1v) is 0.612. The Morgan fingerprint density at radius 2 is 1.33 bits per heavy atom.